The minimum Gasteiger partial charge on any atom is -0.463 e. The van der Waals surface area contributed by atoms with Crippen LogP contribution in [0, 0.1) is 0 Å². The lowest BCUT2D eigenvalue weighted by atomic mass is 10.2. The molecule has 0 aromatic heterocycles. The number of ether oxygens (including phenoxy) is 1. The van der Waals surface area contributed by atoms with Gasteiger partial charge in [-0.05, 0) is 19.8 Å². The first-order valence-electron chi connectivity index (χ1n) is 4.11. The zero-order valence-corrected chi connectivity index (χ0v) is 7.75. The van der Waals surface area contributed by atoms with Gasteiger partial charge in [-0.1, -0.05) is 24.8 Å². The minimum absolute atomic E-state index is 0.0111. The molecule has 2 heteroatoms. The molecule has 1 atom stereocenters. The van der Waals surface area contributed by atoms with E-state index >= 15 is 0 Å². The van der Waals surface area contributed by atoms with Gasteiger partial charge in [0.1, 0.15) is 0 Å². The molecule has 0 amide bonds. The van der Waals surface area contributed by atoms with E-state index in [0.717, 1.165) is 12.8 Å². The summed E-state index contributed by atoms with van der Waals surface area (Å²) in [7, 11) is 0. The third-order valence-electron chi connectivity index (χ3n) is 1.38. The van der Waals surface area contributed by atoms with Gasteiger partial charge in [0.25, 0.3) is 0 Å². The van der Waals surface area contributed by atoms with E-state index in [1.54, 1.807) is 6.08 Å². The number of esters is 1. The molecule has 2 nitrogen and oxygen atoms in total. The Labute approximate surface area is 73.9 Å². The lowest BCUT2D eigenvalue weighted by Gasteiger charge is -2.09. The van der Waals surface area contributed by atoms with E-state index in [9.17, 15) is 4.79 Å². The van der Waals surface area contributed by atoms with Gasteiger partial charge in [0.2, 0.25) is 0 Å². The van der Waals surface area contributed by atoms with Gasteiger partial charge in [-0.25, -0.2) is 0 Å². The van der Waals surface area contributed by atoms with Crippen LogP contribution >= 0.6 is 0 Å². The Morgan fingerprint density at radius 3 is 2.83 bits per heavy atom. The second-order valence-electron chi connectivity index (χ2n) is 2.66. The average molecular weight is 168 g/mol. The van der Waals surface area contributed by atoms with Crippen LogP contribution in [-0.2, 0) is 9.53 Å². The zero-order chi connectivity index (χ0) is 9.40. The van der Waals surface area contributed by atoms with E-state index < -0.39 is 0 Å². The largest absolute Gasteiger partial charge is 0.463 e. The highest BCUT2D eigenvalue weighted by molar-refractivity contribution is 5.66. The molecule has 0 aromatic rings. The van der Waals surface area contributed by atoms with E-state index in [4.69, 9.17) is 4.74 Å². The molecule has 0 aliphatic heterocycles. The van der Waals surface area contributed by atoms with E-state index in [1.807, 2.05) is 19.1 Å². The fourth-order valence-corrected chi connectivity index (χ4v) is 0.866. The van der Waals surface area contributed by atoms with Gasteiger partial charge in [-0.3, -0.25) is 4.79 Å². The zero-order valence-electron chi connectivity index (χ0n) is 7.75. The molecule has 0 aromatic carbocycles. The molecule has 0 saturated carbocycles. The number of hydrogen-bond acceptors (Lipinski definition) is 2. The average Bonchev–Trinajstić information content (AvgIpc) is 1.97. The Hall–Kier alpha value is -1.05. The van der Waals surface area contributed by atoms with Crippen molar-refractivity contribution in [3.63, 3.8) is 0 Å². The molecule has 12 heavy (non-hydrogen) atoms. The molecular formula is C10H16O2. The molecule has 0 fully saturated rings. The lowest BCUT2D eigenvalue weighted by Crippen LogP contribution is -2.11. The highest BCUT2D eigenvalue weighted by atomic mass is 16.5. The van der Waals surface area contributed by atoms with Crippen molar-refractivity contribution in [3.05, 3.63) is 24.8 Å². The summed E-state index contributed by atoms with van der Waals surface area (Å²) >= 11 is 0. The molecular weight excluding hydrogens is 152 g/mol. The molecule has 0 aliphatic carbocycles. The van der Waals surface area contributed by atoms with Crippen molar-refractivity contribution in [2.75, 3.05) is 0 Å². The van der Waals surface area contributed by atoms with Gasteiger partial charge < -0.3 is 4.74 Å². The molecule has 0 rings (SSSR count). The maximum absolute atomic E-state index is 10.5. The van der Waals surface area contributed by atoms with Crippen LogP contribution in [0.2, 0.25) is 0 Å². The molecule has 0 radical (unpaired) electrons. The monoisotopic (exact) mass is 168 g/mol. The lowest BCUT2D eigenvalue weighted by molar-refractivity contribution is -0.145. The Balaban J connectivity index is 3.43. The van der Waals surface area contributed by atoms with Gasteiger partial charge in [0.05, 0.1) is 6.10 Å². The highest BCUT2D eigenvalue weighted by Crippen LogP contribution is 2.02. The number of carbonyl (C=O) groups is 1. The maximum atomic E-state index is 10.5. The van der Waals surface area contributed by atoms with Gasteiger partial charge in [0.15, 0.2) is 0 Å². The number of allylic oxidation sites excluding steroid dienone is 3. The first kappa shape index (κ1) is 11.0. The van der Waals surface area contributed by atoms with Gasteiger partial charge in [0, 0.05) is 6.92 Å². The summed E-state index contributed by atoms with van der Waals surface area (Å²) < 4.78 is 4.93. The van der Waals surface area contributed by atoms with Crippen molar-refractivity contribution in [1.29, 1.82) is 0 Å². The molecule has 0 N–H and O–H groups in total. The fraction of sp³-hybridized carbons (Fsp3) is 0.500. The van der Waals surface area contributed by atoms with Gasteiger partial charge >= 0.3 is 5.97 Å². The Morgan fingerprint density at radius 1 is 1.67 bits per heavy atom. The van der Waals surface area contributed by atoms with Crippen LogP contribution in [0.1, 0.15) is 26.7 Å². The van der Waals surface area contributed by atoms with Crippen LogP contribution < -0.4 is 0 Å². The van der Waals surface area contributed by atoms with E-state index in [-0.39, 0.29) is 12.1 Å². The number of rotatable bonds is 5. The summed E-state index contributed by atoms with van der Waals surface area (Å²) in [5.41, 5.74) is 0. The van der Waals surface area contributed by atoms with Crippen LogP contribution in [0.5, 0.6) is 0 Å². The summed E-state index contributed by atoms with van der Waals surface area (Å²) in [6, 6.07) is 0. The van der Waals surface area contributed by atoms with Crippen molar-refractivity contribution < 1.29 is 9.53 Å². The Morgan fingerprint density at radius 2 is 2.33 bits per heavy atom. The Kier molecular flexibility index (Phi) is 6.07. The van der Waals surface area contributed by atoms with Gasteiger partial charge in [-0.15, -0.1) is 0 Å². The van der Waals surface area contributed by atoms with Crippen molar-refractivity contribution in [1.82, 2.24) is 0 Å². The minimum atomic E-state index is -0.213. The third kappa shape index (κ3) is 7.06. The van der Waals surface area contributed by atoms with Gasteiger partial charge in [-0.2, -0.15) is 0 Å². The second-order valence-corrected chi connectivity index (χ2v) is 2.66. The SMILES string of the molecule is C=CC=CCCC(C)OC(C)=O. The summed E-state index contributed by atoms with van der Waals surface area (Å²) in [6.07, 6.45) is 7.42. The van der Waals surface area contributed by atoms with E-state index in [1.165, 1.54) is 6.92 Å². The second kappa shape index (κ2) is 6.65. The first-order chi connectivity index (χ1) is 5.66. The number of carbonyl (C=O) groups excluding carboxylic acids is 1. The predicted molar refractivity (Wildman–Crippen MR) is 49.8 cm³/mol. The van der Waals surface area contributed by atoms with E-state index in [0.29, 0.717) is 0 Å². The molecule has 0 bridgehead atoms. The summed E-state index contributed by atoms with van der Waals surface area (Å²) in [5.74, 6) is -0.213. The standard InChI is InChI=1S/C10H16O2/c1-4-5-6-7-8-9(2)12-10(3)11/h4-6,9H,1,7-8H2,2-3H3. The van der Waals surface area contributed by atoms with Crippen molar-refractivity contribution in [2.24, 2.45) is 0 Å². The summed E-state index contributed by atoms with van der Waals surface area (Å²) in [5, 5.41) is 0. The summed E-state index contributed by atoms with van der Waals surface area (Å²) in [4.78, 5) is 10.5. The van der Waals surface area contributed by atoms with Crippen LogP contribution in [0.4, 0.5) is 0 Å². The van der Waals surface area contributed by atoms with Crippen LogP contribution in [0.15, 0.2) is 24.8 Å². The van der Waals surface area contributed by atoms with Crippen molar-refractivity contribution in [3.8, 4) is 0 Å². The molecule has 68 valence electrons. The maximum Gasteiger partial charge on any atom is 0.302 e. The molecule has 0 saturated heterocycles. The van der Waals surface area contributed by atoms with Crippen LogP contribution in [-0.4, -0.2) is 12.1 Å². The fourth-order valence-electron chi connectivity index (χ4n) is 0.866. The quantitative estimate of drug-likeness (QED) is 0.465. The smallest absolute Gasteiger partial charge is 0.302 e. The highest BCUT2D eigenvalue weighted by Gasteiger charge is 2.02. The normalized spacial score (nSPS) is 12.8. The van der Waals surface area contributed by atoms with Crippen LogP contribution in [0.25, 0.3) is 0 Å². The first-order valence-corrected chi connectivity index (χ1v) is 4.11. The Bertz CT molecular complexity index is 171. The van der Waals surface area contributed by atoms with Crippen LogP contribution in [0.3, 0.4) is 0 Å². The third-order valence-corrected chi connectivity index (χ3v) is 1.38. The molecule has 0 spiro atoms. The molecule has 0 aliphatic rings. The predicted octanol–water partition coefficient (Wildman–Crippen LogP) is 2.46. The topological polar surface area (TPSA) is 26.3 Å². The van der Waals surface area contributed by atoms with E-state index in [2.05, 4.69) is 6.58 Å². The molecule has 0 heterocycles. The number of hydrogen-bond donors (Lipinski definition) is 0. The van der Waals surface area contributed by atoms with Crippen molar-refractivity contribution >= 4 is 5.97 Å². The van der Waals surface area contributed by atoms with Crippen molar-refractivity contribution in [2.45, 2.75) is 32.8 Å². The summed E-state index contributed by atoms with van der Waals surface area (Å²) in [6.45, 7) is 6.87. The molecule has 1 unspecified atom stereocenters.